The standard InChI is InChI=1S/C24H30ClN9O4/c1-13(11-37-12-14-7-16(26)20-17(8-14)30-33(6)31-20)28-22(35)15-10-27-34-19(9-18(25)29-21(15)34)32(5)23(36)38-24(2,3)4/h7-10,13H,11-12,26H2,1-6H3,(H,28,35)/t13-/m1/s1. The first kappa shape index (κ1) is 27.1. The van der Waals surface area contributed by atoms with Gasteiger partial charge >= 0.3 is 6.09 Å². The number of hydrogen-bond donors (Lipinski definition) is 2. The third-order valence-electron chi connectivity index (χ3n) is 5.37. The van der Waals surface area contributed by atoms with Crippen LogP contribution in [0.5, 0.6) is 0 Å². The van der Waals surface area contributed by atoms with Gasteiger partial charge in [0, 0.05) is 26.2 Å². The molecule has 1 atom stereocenters. The molecule has 4 aromatic rings. The highest BCUT2D eigenvalue weighted by molar-refractivity contribution is 6.30. The Labute approximate surface area is 223 Å². The van der Waals surface area contributed by atoms with Crippen LogP contribution in [0, 0.1) is 0 Å². The molecule has 38 heavy (non-hydrogen) atoms. The number of benzene rings is 1. The number of nitrogens with one attached hydrogen (secondary N) is 1. The SMILES string of the molecule is C[C@H](COCc1cc(N)c2nn(C)nc2c1)NC(=O)c1cnn2c(N(C)C(=O)OC(C)(C)C)cc(Cl)nc12. The molecule has 3 N–H and O–H groups in total. The Kier molecular flexibility index (Phi) is 7.42. The van der Waals surface area contributed by atoms with Crippen LogP contribution >= 0.6 is 11.6 Å². The molecule has 0 fully saturated rings. The van der Waals surface area contributed by atoms with Gasteiger partial charge in [0.1, 0.15) is 33.2 Å². The lowest BCUT2D eigenvalue weighted by Crippen LogP contribution is -2.36. The summed E-state index contributed by atoms with van der Waals surface area (Å²) in [5.74, 6) is -0.119. The molecule has 0 saturated heterocycles. The van der Waals surface area contributed by atoms with Gasteiger partial charge in [0.05, 0.1) is 25.1 Å². The van der Waals surface area contributed by atoms with Gasteiger partial charge in [-0.1, -0.05) is 11.6 Å². The van der Waals surface area contributed by atoms with Gasteiger partial charge in [-0.15, -0.1) is 0 Å². The fraction of sp³-hybridized carbons (Fsp3) is 0.417. The Morgan fingerprint density at radius 3 is 2.68 bits per heavy atom. The zero-order valence-corrected chi connectivity index (χ0v) is 22.8. The Morgan fingerprint density at radius 1 is 1.24 bits per heavy atom. The fourth-order valence-electron chi connectivity index (χ4n) is 3.73. The lowest BCUT2D eigenvalue weighted by molar-refractivity contribution is 0.0587. The van der Waals surface area contributed by atoms with Crippen molar-refractivity contribution in [1.82, 2.24) is 34.9 Å². The lowest BCUT2D eigenvalue weighted by Gasteiger charge is -2.24. The van der Waals surface area contributed by atoms with Gasteiger partial charge in [-0.05, 0) is 45.4 Å². The van der Waals surface area contributed by atoms with Gasteiger partial charge in [-0.3, -0.25) is 9.69 Å². The highest BCUT2D eigenvalue weighted by atomic mass is 35.5. The number of nitrogens with zero attached hydrogens (tertiary/aromatic N) is 7. The third kappa shape index (κ3) is 5.94. The zero-order chi connectivity index (χ0) is 27.8. The Morgan fingerprint density at radius 2 is 1.97 bits per heavy atom. The smallest absolute Gasteiger partial charge is 0.415 e. The number of anilines is 2. The molecule has 0 bridgehead atoms. The summed E-state index contributed by atoms with van der Waals surface area (Å²) in [6, 6.07) is 4.79. The molecule has 14 heteroatoms. The maximum atomic E-state index is 13.0. The van der Waals surface area contributed by atoms with Crippen molar-refractivity contribution in [3.8, 4) is 0 Å². The van der Waals surface area contributed by atoms with Crippen LogP contribution in [-0.4, -0.2) is 66.9 Å². The van der Waals surface area contributed by atoms with E-state index in [9.17, 15) is 9.59 Å². The van der Waals surface area contributed by atoms with E-state index in [0.29, 0.717) is 22.5 Å². The van der Waals surface area contributed by atoms with Crippen LogP contribution in [0.2, 0.25) is 5.15 Å². The van der Waals surface area contributed by atoms with E-state index in [1.807, 2.05) is 13.0 Å². The fourth-order valence-corrected chi connectivity index (χ4v) is 3.91. The maximum Gasteiger partial charge on any atom is 0.415 e. The van der Waals surface area contributed by atoms with Gasteiger partial charge in [0.2, 0.25) is 0 Å². The molecule has 2 amide bonds. The molecule has 0 saturated carbocycles. The van der Waals surface area contributed by atoms with Crippen LogP contribution in [0.3, 0.4) is 0 Å². The number of carbonyl (C=O) groups excluding carboxylic acids is 2. The molecule has 13 nitrogen and oxygen atoms in total. The highest BCUT2D eigenvalue weighted by Gasteiger charge is 2.25. The van der Waals surface area contributed by atoms with E-state index in [2.05, 4.69) is 25.6 Å². The monoisotopic (exact) mass is 543 g/mol. The average Bonchev–Trinajstić information content (AvgIpc) is 3.40. The van der Waals surface area contributed by atoms with Gasteiger partial charge < -0.3 is 20.5 Å². The number of aryl methyl sites for hydroxylation is 1. The summed E-state index contributed by atoms with van der Waals surface area (Å²) in [4.78, 5) is 32.6. The molecule has 1 aromatic carbocycles. The zero-order valence-electron chi connectivity index (χ0n) is 22.0. The van der Waals surface area contributed by atoms with E-state index in [1.54, 1.807) is 33.9 Å². The first-order chi connectivity index (χ1) is 17.8. The minimum absolute atomic E-state index is 0.0909. The molecule has 0 radical (unpaired) electrons. The van der Waals surface area contributed by atoms with E-state index in [0.717, 1.165) is 5.56 Å². The van der Waals surface area contributed by atoms with Crippen LogP contribution in [-0.2, 0) is 23.1 Å². The molecular weight excluding hydrogens is 514 g/mol. The van der Waals surface area contributed by atoms with E-state index in [1.165, 1.54) is 33.5 Å². The Balaban J connectivity index is 1.42. The molecule has 0 aliphatic heterocycles. The molecular formula is C24H30ClN9O4. The second-order valence-corrected chi connectivity index (χ2v) is 10.3. The number of halogens is 1. The van der Waals surface area contributed by atoms with Crippen LogP contribution in [0.4, 0.5) is 16.3 Å². The minimum Gasteiger partial charge on any atom is -0.443 e. The molecule has 0 spiro atoms. The van der Waals surface area contributed by atoms with E-state index < -0.39 is 17.6 Å². The quantitative estimate of drug-likeness (QED) is 0.264. The normalized spacial score (nSPS) is 12.6. The molecule has 0 unspecified atom stereocenters. The minimum atomic E-state index is -0.691. The predicted octanol–water partition coefficient (Wildman–Crippen LogP) is 2.95. The van der Waals surface area contributed by atoms with Gasteiger partial charge in [-0.25, -0.2) is 9.78 Å². The molecule has 0 aliphatic carbocycles. The summed E-state index contributed by atoms with van der Waals surface area (Å²) < 4.78 is 12.6. The molecule has 0 aliphatic rings. The molecule has 4 rings (SSSR count). The molecule has 3 heterocycles. The Hall–Kier alpha value is -3.97. The average molecular weight is 544 g/mol. The van der Waals surface area contributed by atoms with Crippen molar-refractivity contribution < 1.29 is 19.1 Å². The summed E-state index contributed by atoms with van der Waals surface area (Å²) in [5.41, 5.74) is 8.46. The number of fused-ring (bicyclic) bond motifs is 2. The van der Waals surface area contributed by atoms with Crippen molar-refractivity contribution in [3.63, 3.8) is 0 Å². The van der Waals surface area contributed by atoms with Crippen LogP contribution in [0.25, 0.3) is 16.7 Å². The number of aromatic nitrogens is 6. The number of nitrogen functional groups attached to an aromatic ring is 1. The number of rotatable bonds is 7. The van der Waals surface area contributed by atoms with Crippen molar-refractivity contribution in [3.05, 3.63) is 40.7 Å². The number of carbonyl (C=O) groups is 2. The van der Waals surface area contributed by atoms with Crippen LogP contribution < -0.4 is 16.0 Å². The summed E-state index contributed by atoms with van der Waals surface area (Å²) in [6.45, 7) is 7.63. The topological polar surface area (TPSA) is 155 Å². The summed E-state index contributed by atoms with van der Waals surface area (Å²) in [7, 11) is 3.25. The number of nitrogens with two attached hydrogens (primary N) is 1. The Bertz CT molecular complexity index is 1510. The van der Waals surface area contributed by atoms with Crippen molar-refractivity contribution in [2.24, 2.45) is 7.05 Å². The van der Waals surface area contributed by atoms with E-state index >= 15 is 0 Å². The summed E-state index contributed by atoms with van der Waals surface area (Å²) in [6.07, 6.45) is 0.765. The first-order valence-corrected chi connectivity index (χ1v) is 12.2. The summed E-state index contributed by atoms with van der Waals surface area (Å²) >= 11 is 6.22. The van der Waals surface area contributed by atoms with E-state index in [4.69, 9.17) is 26.8 Å². The number of ether oxygens (including phenoxy) is 2. The summed E-state index contributed by atoms with van der Waals surface area (Å²) in [5, 5.41) is 15.7. The van der Waals surface area contributed by atoms with Crippen molar-refractivity contribution in [1.29, 1.82) is 0 Å². The lowest BCUT2D eigenvalue weighted by atomic mass is 10.2. The van der Waals surface area contributed by atoms with Gasteiger partial charge in [0.25, 0.3) is 5.91 Å². The van der Waals surface area contributed by atoms with Crippen molar-refractivity contribution in [2.75, 3.05) is 24.3 Å². The van der Waals surface area contributed by atoms with Crippen LogP contribution in [0.15, 0.2) is 24.4 Å². The predicted molar refractivity (Wildman–Crippen MR) is 142 cm³/mol. The maximum absolute atomic E-state index is 13.0. The van der Waals surface area contributed by atoms with Crippen LogP contribution in [0.1, 0.15) is 43.6 Å². The highest BCUT2D eigenvalue weighted by Crippen LogP contribution is 2.23. The second kappa shape index (κ2) is 10.4. The molecule has 202 valence electrons. The largest absolute Gasteiger partial charge is 0.443 e. The van der Waals surface area contributed by atoms with Gasteiger partial charge in [-0.2, -0.15) is 24.6 Å². The van der Waals surface area contributed by atoms with Gasteiger partial charge in [0.15, 0.2) is 5.65 Å². The van der Waals surface area contributed by atoms with Crippen molar-refractivity contribution in [2.45, 2.75) is 45.9 Å². The third-order valence-corrected chi connectivity index (χ3v) is 5.56. The second-order valence-electron chi connectivity index (χ2n) is 9.90. The molecule has 3 aromatic heterocycles. The first-order valence-electron chi connectivity index (χ1n) is 11.8. The van der Waals surface area contributed by atoms with E-state index in [-0.39, 0.29) is 35.6 Å². The number of hydrogen-bond acceptors (Lipinski definition) is 9. The number of amides is 2. The van der Waals surface area contributed by atoms with Crippen molar-refractivity contribution >= 4 is 51.8 Å².